The number of rotatable bonds is 0. The molecule has 0 aliphatic carbocycles. The van der Waals surface area contributed by atoms with Crippen molar-refractivity contribution in [3.63, 3.8) is 0 Å². The lowest BCUT2D eigenvalue weighted by atomic mass is 10.4. The smallest absolute Gasteiger partial charge is 0.123 e. The second kappa shape index (κ2) is 7.53. The number of nitrogens with zero attached hydrogens (tertiary/aromatic N) is 2. The van der Waals surface area contributed by atoms with E-state index in [2.05, 4.69) is 0 Å². The van der Waals surface area contributed by atoms with Crippen LogP contribution in [0.25, 0.3) is 0 Å². The van der Waals surface area contributed by atoms with E-state index in [0.29, 0.717) is 0 Å². The molecule has 3 N–H and O–H groups in total. The summed E-state index contributed by atoms with van der Waals surface area (Å²) in [6.07, 6.45) is 0. The zero-order chi connectivity index (χ0) is 7.11. The maximum Gasteiger partial charge on any atom is 0.123 e. The van der Waals surface area contributed by atoms with Crippen LogP contribution in [-0.2, 0) is 0 Å². The van der Waals surface area contributed by atoms with E-state index in [1.165, 1.54) is 12.1 Å². The molecule has 0 radical (unpaired) electrons. The van der Waals surface area contributed by atoms with Crippen LogP contribution in [0.2, 0.25) is 0 Å². The monoisotopic (exact) mass is 141 g/mol. The first-order valence-corrected chi connectivity index (χ1v) is 2.30. The molecule has 0 aromatic heterocycles. The zero-order valence-corrected chi connectivity index (χ0v) is 5.37. The van der Waals surface area contributed by atoms with Crippen molar-refractivity contribution in [2.45, 2.75) is 0 Å². The molecule has 0 unspecified atom stereocenters. The van der Waals surface area contributed by atoms with Gasteiger partial charge in [0, 0.05) is 10.8 Å². The van der Waals surface area contributed by atoms with Crippen molar-refractivity contribution in [1.29, 1.82) is 10.8 Å². The SMILES string of the molecule is Fc1ccccc1.N.N#N. The molecule has 1 rings (SSSR count). The van der Waals surface area contributed by atoms with Crippen LogP contribution in [0, 0.1) is 16.6 Å². The third-order valence-electron chi connectivity index (χ3n) is 0.733. The molecule has 10 heavy (non-hydrogen) atoms. The van der Waals surface area contributed by atoms with Crippen LogP contribution in [-0.4, -0.2) is 0 Å². The van der Waals surface area contributed by atoms with Crippen LogP contribution in [0.5, 0.6) is 0 Å². The average molecular weight is 141 g/mol. The second-order valence-corrected chi connectivity index (χ2v) is 1.30. The number of benzene rings is 1. The summed E-state index contributed by atoms with van der Waals surface area (Å²) in [6, 6.07) is 7.94. The van der Waals surface area contributed by atoms with Gasteiger partial charge in [-0.1, -0.05) is 18.2 Å². The van der Waals surface area contributed by atoms with Crippen LogP contribution < -0.4 is 6.15 Å². The van der Waals surface area contributed by atoms with Crippen LogP contribution in [0.1, 0.15) is 0 Å². The predicted octanol–water partition coefficient (Wildman–Crippen LogP) is 2.02. The first-order valence-electron chi connectivity index (χ1n) is 2.30. The van der Waals surface area contributed by atoms with Gasteiger partial charge in [-0.05, 0) is 12.1 Å². The van der Waals surface area contributed by atoms with E-state index >= 15 is 0 Å². The zero-order valence-electron chi connectivity index (χ0n) is 5.37. The highest BCUT2D eigenvalue weighted by Gasteiger charge is 1.77. The van der Waals surface area contributed by atoms with E-state index < -0.39 is 0 Å². The molecule has 3 nitrogen and oxygen atoms in total. The maximum atomic E-state index is 11.9. The van der Waals surface area contributed by atoms with Crippen molar-refractivity contribution in [3.05, 3.63) is 36.1 Å². The maximum absolute atomic E-state index is 11.9. The summed E-state index contributed by atoms with van der Waals surface area (Å²) in [7, 11) is 0. The molecule has 4 heteroatoms. The van der Waals surface area contributed by atoms with Gasteiger partial charge in [0.15, 0.2) is 0 Å². The van der Waals surface area contributed by atoms with Crippen LogP contribution >= 0.6 is 0 Å². The summed E-state index contributed by atoms with van der Waals surface area (Å²) >= 11 is 0. The minimum Gasteiger partial charge on any atom is -0.344 e. The second-order valence-electron chi connectivity index (χ2n) is 1.30. The fraction of sp³-hybridized carbons (Fsp3) is 0. The van der Waals surface area contributed by atoms with Crippen molar-refractivity contribution in [2.75, 3.05) is 0 Å². The Hall–Kier alpha value is -1.47. The highest BCUT2D eigenvalue weighted by molar-refractivity contribution is 5.02. The molecular formula is C6H8FN3. The van der Waals surface area contributed by atoms with Crippen LogP contribution in [0.3, 0.4) is 0 Å². The Morgan fingerprint density at radius 2 is 1.40 bits per heavy atom. The summed E-state index contributed by atoms with van der Waals surface area (Å²) in [5.74, 6) is -0.178. The summed E-state index contributed by atoms with van der Waals surface area (Å²) in [4.78, 5) is 0. The molecule has 0 spiro atoms. The molecule has 0 saturated heterocycles. The minimum atomic E-state index is -0.178. The fourth-order valence-electron chi connectivity index (χ4n) is 0.415. The van der Waals surface area contributed by atoms with Gasteiger partial charge in [0.2, 0.25) is 0 Å². The molecule has 0 amide bonds. The molecular weight excluding hydrogens is 133 g/mol. The largest absolute Gasteiger partial charge is 0.344 e. The van der Waals surface area contributed by atoms with Gasteiger partial charge < -0.3 is 6.15 Å². The lowest BCUT2D eigenvalue weighted by molar-refractivity contribution is 0.628. The third-order valence-corrected chi connectivity index (χ3v) is 0.733. The van der Waals surface area contributed by atoms with Crippen molar-refractivity contribution >= 4 is 0 Å². The molecule has 0 bridgehead atoms. The Kier molecular flexibility index (Phi) is 8.54. The summed E-state index contributed by atoms with van der Waals surface area (Å²) < 4.78 is 11.9. The van der Waals surface area contributed by atoms with Gasteiger partial charge in [-0.15, -0.1) is 0 Å². The van der Waals surface area contributed by atoms with Gasteiger partial charge in [-0.3, -0.25) is 0 Å². The van der Waals surface area contributed by atoms with Gasteiger partial charge in [0.1, 0.15) is 5.82 Å². The minimum absolute atomic E-state index is 0. The third kappa shape index (κ3) is 4.68. The van der Waals surface area contributed by atoms with Crippen LogP contribution in [0.4, 0.5) is 4.39 Å². The standard InChI is InChI=1S/C6H5F.N2.H3N/c7-6-4-2-1-3-5-6;1-2;/h1-5H;;1H3. The van der Waals surface area contributed by atoms with E-state index in [1.54, 1.807) is 18.2 Å². The lowest BCUT2D eigenvalue weighted by Gasteiger charge is -1.78. The quantitative estimate of drug-likeness (QED) is 0.561. The van der Waals surface area contributed by atoms with E-state index in [-0.39, 0.29) is 12.0 Å². The topological polar surface area (TPSA) is 82.6 Å². The average Bonchev–Trinajstić information content (AvgIpc) is 1.94. The molecule has 0 aliphatic rings. The van der Waals surface area contributed by atoms with Crippen molar-refractivity contribution in [1.82, 2.24) is 6.15 Å². The van der Waals surface area contributed by atoms with Gasteiger partial charge in [0.25, 0.3) is 0 Å². The van der Waals surface area contributed by atoms with Crippen molar-refractivity contribution in [3.8, 4) is 0 Å². The van der Waals surface area contributed by atoms with E-state index in [9.17, 15) is 4.39 Å². The van der Waals surface area contributed by atoms with Crippen LogP contribution in [0.15, 0.2) is 30.3 Å². The summed E-state index contributed by atoms with van der Waals surface area (Å²) in [6.45, 7) is 0. The van der Waals surface area contributed by atoms with Crippen molar-refractivity contribution < 1.29 is 4.39 Å². The van der Waals surface area contributed by atoms with Gasteiger partial charge in [-0.25, -0.2) is 4.39 Å². The Balaban J connectivity index is 0. The Labute approximate surface area is 58.5 Å². The first kappa shape index (κ1) is 11.3. The number of hydrogen-bond donors (Lipinski definition) is 1. The molecule has 54 valence electrons. The Bertz CT molecular complexity index is 173. The fourth-order valence-corrected chi connectivity index (χ4v) is 0.415. The molecule has 0 fully saturated rings. The van der Waals surface area contributed by atoms with E-state index in [4.69, 9.17) is 10.8 Å². The summed E-state index contributed by atoms with van der Waals surface area (Å²) in [5, 5.41) is 12.0. The Morgan fingerprint density at radius 3 is 1.60 bits per heavy atom. The molecule has 0 atom stereocenters. The molecule has 0 aliphatic heterocycles. The van der Waals surface area contributed by atoms with E-state index in [0.717, 1.165) is 0 Å². The number of hydrogen-bond acceptors (Lipinski definition) is 3. The predicted molar refractivity (Wildman–Crippen MR) is 34.9 cm³/mol. The first-order chi connectivity index (χ1) is 4.39. The molecule has 0 heterocycles. The summed E-state index contributed by atoms with van der Waals surface area (Å²) in [5.41, 5.74) is 0. The number of halogens is 1. The molecule has 1 aromatic rings. The van der Waals surface area contributed by atoms with E-state index in [1.807, 2.05) is 0 Å². The highest BCUT2D eigenvalue weighted by atomic mass is 19.1. The lowest BCUT2D eigenvalue weighted by Crippen LogP contribution is -1.63. The van der Waals surface area contributed by atoms with Gasteiger partial charge in [-0.2, -0.15) is 0 Å². The normalized spacial score (nSPS) is 6.30. The highest BCUT2D eigenvalue weighted by Crippen LogP contribution is 1.91. The molecule has 0 saturated carbocycles. The van der Waals surface area contributed by atoms with Crippen molar-refractivity contribution in [2.24, 2.45) is 0 Å². The van der Waals surface area contributed by atoms with Gasteiger partial charge >= 0.3 is 0 Å². The Morgan fingerprint density at radius 1 is 1.00 bits per heavy atom. The molecule has 1 aromatic carbocycles. The van der Waals surface area contributed by atoms with Gasteiger partial charge in [0.05, 0.1) is 0 Å².